The van der Waals surface area contributed by atoms with Gasteiger partial charge in [-0.15, -0.1) is 0 Å². The van der Waals surface area contributed by atoms with Crippen LogP contribution in [0.25, 0.3) is 33.3 Å². The van der Waals surface area contributed by atoms with Gasteiger partial charge in [-0.25, -0.2) is 9.97 Å². The van der Waals surface area contributed by atoms with Gasteiger partial charge in [-0.3, -0.25) is 0 Å². The van der Waals surface area contributed by atoms with Crippen LogP contribution in [0, 0.1) is 0 Å². The number of benzene rings is 2. The van der Waals surface area contributed by atoms with Crippen molar-refractivity contribution in [2.45, 2.75) is 0 Å². The molecule has 0 radical (unpaired) electrons. The van der Waals surface area contributed by atoms with Crippen LogP contribution < -0.4 is 0 Å². The maximum Gasteiger partial charge on any atom is 0.223 e. The Morgan fingerprint density at radius 2 is 1.71 bits per heavy atom. The molecule has 0 spiro atoms. The van der Waals surface area contributed by atoms with Crippen LogP contribution in [0.3, 0.4) is 0 Å². The molecule has 0 amide bonds. The first kappa shape index (κ1) is 12.6. The third-order valence-corrected chi connectivity index (χ3v) is 3.70. The second-order valence-corrected chi connectivity index (χ2v) is 5.40. The Kier molecular flexibility index (Phi) is 2.84. The highest BCUT2D eigenvalue weighted by atomic mass is 35.5. The van der Waals surface area contributed by atoms with E-state index in [4.69, 9.17) is 27.6 Å². The predicted octanol–water partition coefficient (Wildman–Crippen LogP) is 5.35. The summed E-state index contributed by atoms with van der Waals surface area (Å²) in [5.41, 5.74) is 3.60. The normalized spacial score (nSPS) is 11.3. The van der Waals surface area contributed by atoms with Crippen LogP contribution in [0.2, 0.25) is 10.3 Å². The number of fused-ring (bicyclic) bond motifs is 3. The molecule has 102 valence electrons. The molecule has 0 saturated heterocycles. The first-order valence-corrected chi connectivity index (χ1v) is 7.09. The van der Waals surface area contributed by atoms with E-state index in [0.717, 1.165) is 10.9 Å². The highest BCUT2D eigenvalue weighted by Gasteiger charge is 2.16. The molecule has 0 bridgehead atoms. The van der Waals surface area contributed by atoms with E-state index in [1.165, 1.54) is 0 Å². The highest BCUT2D eigenvalue weighted by molar-refractivity contribution is 6.32. The smallest absolute Gasteiger partial charge is 0.223 e. The molecule has 3 nitrogen and oxygen atoms in total. The number of furan rings is 1. The summed E-state index contributed by atoms with van der Waals surface area (Å²) in [6.45, 7) is 0. The zero-order chi connectivity index (χ0) is 14.4. The molecule has 2 heterocycles. The second-order valence-electron chi connectivity index (χ2n) is 4.63. The summed E-state index contributed by atoms with van der Waals surface area (Å²) in [6, 6.07) is 15.2. The summed E-state index contributed by atoms with van der Waals surface area (Å²) in [6.07, 6.45) is 0. The van der Waals surface area contributed by atoms with Gasteiger partial charge in [0.15, 0.2) is 5.58 Å². The Bertz CT molecular complexity index is 964. The first-order chi connectivity index (χ1) is 10.2. The predicted molar refractivity (Wildman–Crippen MR) is 84.8 cm³/mol. The summed E-state index contributed by atoms with van der Waals surface area (Å²) in [7, 11) is 0. The van der Waals surface area contributed by atoms with Crippen LogP contribution in [0.4, 0.5) is 0 Å². The summed E-state index contributed by atoms with van der Waals surface area (Å²) in [4.78, 5) is 8.61. The van der Waals surface area contributed by atoms with Crippen LogP contribution in [0.5, 0.6) is 0 Å². The van der Waals surface area contributed by atoms with E-state index in [1.807, 2.05) is 42.5 Å². The minimum atomic E-state index is 0.184. The maximum atomic E-state index is 6.07. The average Bonchev–Trinajstić information content (AvgIpc) is 2.85. The summed E-state index contributed by atoms with van der Waals surface area (Å²) >= 11 is 12.1. The van der Waals surface area contributed by atoms with Crippen molar-refractivity contribution in [3.63, 3.8) is 0 Å². The number of nitrogens with zero attached hydrogens (tertiary/aromatic N) is 2. The SMILES string of the molecule is Clc1ccc2oc3c(-c4ccccc4)nc(Cl)nc3c2c1. The molecular weight excluding hydrogens is 307 g/mol. The summed E-state index contributed by atoms with van der Waals surface area (Å²) in [5.74, 6) is 0. The number of rotatable bonds is 1. The summed E-state index contributed by atoms with van der Waals surface area (Å²) < 4.78 is 5.91. The van der Waals surface area contributed by atoms with Crippen molar-refractivity contribution in [1.82, 2.24) is 9.97 Å². The van der Waals surface area contributed by atoms with Crippen LogP contribution in [0.15, 0.2) is 52.9 Å². The van der Waals surface area contributed by atoms with Crippen molar-refractivity contribution in [3.05, 3.63) is 58.8 Å². The van der Waals surface area contributed by atoms with Gasteiger partial charge in [0.2, 0.25) is 5.28 Å². The topological polar surface area (TPSA) is 38.9 Å². The van der Waals surface area contributed by atoms with Crippen LogP contribution >= 0.6 is 23.2 Å². The lowest BCUT2D eigenvalue weighted by molar-refractivity contribution is 0.667. The van der Waals surface area contributed by atoms with Crippen molar-refractivity contribution < 1.29 is 4.42 Å². The van der Waals surface area contributed by atoms with Gasteiger partial charge in [-0.05, 0) is 29.8 Å². The molecule has 0 aliphatic heterocycles. The minimum Gasteiger partial charge on any atom is -0.452 e. The Morgan fingerprint density at radius 1 is 0.905 bits per heavy atom. The standard InChI is InChI=1S/C16H8Cl2N2O/c17-10-6-7-12-11(8-10)14-15(21-12)13(19-16(18)20-14)9-4-2-1-3-5-9/h1-8H. The van der Waals surface area contributed by atoms with Gasteiger partial charge in [0, 0.05) is 16.0 Å². The highest BCUT2D eigenvalue weighted by Crippen LogP contribution is 2.35. The van der Waals surface area contributed by atoms with E-state index in [-0.39, 0.29) is 5.28 Å². The van der Waals surface area contributed by atoms with E-state index in [0.29, 0.717) is 27.4 Å². The molecule has 21 heavy (non-hydrogen) atoms. The van der Waals surface area contributed by atoms with Gasteiger partial charge in [-0.2, -0.15) is 0 Å². The molecule has 2 aromatic carbocycles. The Balaban J connectivity index is 2.15. The second kappa shape index (κ2) is 4.72. The average molecular weight is 315 g/mol. The maximum absolute atomic E-state index is 6.07. The quantitative estimate of drug-likeness (QED) is 0.444. The molecule has 5 heteroatoms. The van der Waals surface area contributed by atoms with Crippen molar-refractivity contribution >= 4 is 45.3 Å². The van der Waals surface area contributed by atoms with E-state index in [1.54, 1.807) is 6.07 Å². The molecule has 4 aromatic rings. The molecule has 0 unspecified atom stereocenters. The van der Waals surface area contributed by atoms with Gasteiger partial charge < -0.3 is 4.42 Å². The third kappa shape index (κ3) is 2.06. The Labute approximate surface area is 130 Å². The van der Waals surface area contributed by atoms with E-state index < -0.39 is 0 Å². The fourth-order valence-corrected chi connectivity index (χ4v) is 2.72. The molecular formula is C16H8Cl2N2O. The first-order valence-electron chi connectivity index (χ1n) is 6.33. The monoisotopic (exact) mass is 314 g/mol. The van der Waals surface area contributed by atoms with Gasteiger partial charge >= 0.3 is 0 Å². The van der Waals surface area contributed by atoms with Crippen molar-refractivity contribution in [1.29, 1.82) is 0 Å². The lowest BCUT2D eigenvalue weighted by Crippen LogP contribution is -1.88. The van der Waals surface area contributed by atoms with Gasteiger partial charge in [0.1, 0.15) is 16.8 Å². The Morgan fingerprint density at radius 3 is 2.52 bits per heavy atom. The lowest BCUT2D eigenvalue weighted by atomic mass is 10.1. The zero-order valence-corrected chi connectivity index (χ0v) is 12.2. The Hall–Kier alpha value is -2.10. The van der Waals surface area contributed by atoms with Crippen LogP contribution in [-0.2, 0) is 0 Å². The zero-order valence-electron chi connectivity index (χ0n) is 10.7. The summed E-state index contributed by atoms with van der Waals surface area (Å²) in [5, 5.41) is 1.64. The molecule has 0 fully saturated rings. The third-order valence-electron chi connectivity index (χ3n) is 3.29. The van der Waals surface area contributed by atoms with Crippen LogP contribution in [0.1, 0.15) is 0 Å². The lowest BCUT2D eigenvalue weighted by Gasteiger charge is -2.01. The molecule has 0 N–H and O–H groups in total. The number of aromatic nitrogens is 2. The fraction of sp³-hybridized carbons (Fsp3) is 0. The van der Waals surface area contributed by atoms with Crippen molar-refractivity contribution in [2.75, 3.05) is 0 Å². The number of halogens is 2. The molecule has 0 atom stereocenters. The number of hydrogen-bond donors (Lipinski definition) is 0. The van der Waals surface area contributed by atoms with E-state index >= 15 is 0 Å². The van der Waals surface area contributed by atoms with E-state index in [9.17, 15) is 0 Å². The van der Waals surface area contributed by atoms with E-state index in [2.05, 4.69) is 9.97 Å². The molecule has 0 aliphatic rings. The number of hydrogen-bond acceptors (Lipinski definition) is 3. The van der Waals surface area contributed by atoms with Gasteiger partial charge in [0.25, 0.3) is 0 Å². The minimum absolute atomic E-state index is 0.184. The molecule has 0 aliphatic carbocycles. The van der Waals surface area contributed by atoms with Crippen molar-refractivity contribution in [3.8, 4) is 11.3 Å². The van der Waals surface area contributed by atoms with Crippen LogP contribution in [-0.4, -0.2) is 9.97 Å². The molecule has 0 saturated carbocycles. The molecule has 2 aromatic heterocycles. The largest absolute Gasteiger partial charge is 0.452 e. The van der Waals surface area contributed by atoms with Crippen molar-refractivity contribution in [2.24, 2.45) is 0 Å². The van der Waals surface area contributed by atoms with Gasteiger partial charge in [-0.1, -0.05) is 41.9 Å². The fourth-order valence-electron chi connectivity index (χ4n) is 2.38. The molecule has 4 rings (SSSR count). The van der Waals surface area contributed by atoms with Gasteiger partial charge in [0.05, 0.1) is 0 Å².